The first-order valence-electron chi connectivity index (χ1n) is 5.88. The van der Waals surface area contributed by atoms with Gasteiger partial charge in [-0.05, 0) is 25.1 Å². The predicted molar refractivity (Wildman–Crippen MR) is 86.6 cm³/mol. The van der Waals surface area contributed by atoms with Gasteiger partial charge in [-0.2, -0.15) is 0 Å². The van der Waals surface area contributed by atoms with Crippen molar-refractivity contribution in [1.29, 1.82) is 0 Å². The van der Waals surface area contributed by atoms with Crippen molar-refractivity contribution in [3.05, 3.63) is 41.1 Å². The molecule has 118 valence electrons. The lowest BCUT2D eigenvalue weighted by molar-refractivity contribution is -0.109. The lowest BCUT2D eigenvalue weighted by Crippen LogP contribution is -2.35. The van der Waals surface area contributed by atoms with Gasteiger partial charge in [0.25, 0.3) is 0 Å². The van der Waals surface area contributed by atoms with Gasteiger partial charge in [-0.3, -0.25) is 9.78 Å². The molecule has 9 heteroatoms. The molecule has 21 heavy (non-hydrogen) atoms. The Morgan fingerprint density at radius 3 is 2.90 bits per heavy atom. The summed E-state index contributed by atoms with van der Waals surface area (Å²) < 4.78 is 13.6. The van der Waals surface area contributed by atoms with E-state index in [4.69, 9.17) is 5.73 Å². The average molecular weight is 355 g/mol. The molecule has 1 aliphatic heterocycles. The molecule has 0 radical (unpaired) electrons. The van der Waals surface area contributed by atoms with E-state index >= 15 is 0 Å². The number of amides is 1. The highest BCUT2D eigenvalue weighted by Gasteiger charge is 2.27. The van der Waals surface area contributed by atoms with E-state index < -0.39 is 0 Å². The van der Waals surface area contributed by atoms with Crippen LogP contribution in [0.4, 0.5) is 4.39 Å². The molecule has 5 nitrogen and oxygen atoms in total. The molecule has 0 aliphatic carbocycles. The Morgan fingerprint density at radius 1 is 1.52 bits per heavy atom. The van der Waals surface area contributed by atoms with Crippen molar-refractivity contribution in [1.82, 2.24) is 15.2 Å². The summed E-state index contributed by atoms with van der Waals surface area (Å²) >= 11 is 1.56. The van der Waals surface area contributed by atoms with Gasteiger partial charge in [-0.15, -0.1) is 36.6 Å². The topological polar surface area (TPSA) is 71.2 Å². The number of carbonyl (C=O) groups is 1. The molecule has 2 heterocycles. The third-order valence-electron chi connectivity index (χ3n) is 2.77. The van der Waals surface area contributed by atoms with Crippen LogP contribution in [0.5, 0.6) is 0 Å². The van der Waals surface area contributed by atoms with E-state index in [9.17, 15) is 9.18 Å². The maximum absolute atomic E-state index is 13.6. The summed E-state index contributed by atoms with van der Waals surface area (Å²) in [7, 11) is 0. The number of rotatable bonds is 6. The molecule has 1 aromatic heterocycles. The van der Waals surface area contributed by atoms with E-state index in [-0.39, 0.29) is 36.0 Å². The zero-order valence-electron chi connectivity index (χ0n) is 11.1. The van der Waals surface area contributed by atoms with E-state index in [1.807, 2.05) is 10.3 Å². The number of nitrogens with two attached hydrogens (primary N) is 1. The smallest absolute Gasteiger partial charge is 0.212 e. The second-order valence-electron chi connectivity index (χ2n) is 3.99. The molecular weight excluding hydrogens is 338 g/mol. The van der Waals surface area contributed by atoms with E-state index in [0.717, 1.165) is 6.42 Å². The molecule has 0 saturated carbocycles. The number of halogens is 3. The van der Waals surface area contributed by atoms with Gasteiger partial charge < -0.3 is 16.0 Å². The molecule has 0 aromatic carbocycles. The molecule has 0 fully saturated rings. The first-order valence-corrected chi connectivity index (χ1v) is 6.82. The number of aromatic nitrogens is 1. The van der Waals surface area contributed by atoms with Gasteiger partial charge in [-0.1, -0.05) is 0 Å². The number of pyridine rings is 1. The highest BCUT2D eigenvalue weighted by atomic mass is 35.5. The molecule has 3 N–H and O–H groups in total. The Labute approximate surface area is 139 Å². The van der Waals surface area contributed by atoms with Gasteiger partial charge in [0, 0.05) is 11.6 Å². The summed E-state index contributed by atoms with van der Waals surface area (Å²) in [5.74, 6) is 0.305. The van der Waals surface area contributed by atoms with Crippen molar-refractivity contribution < 1.29 is 9.18 Å². The van der Waals surface area contributed by atoms with Crippen molar-refractivity contribution in [2.45, 2.75) is 18.3 Å². The minimum atomic E-state index is -0.351. The molecule has 1 aromatic rings. The van der Waals surface area contributed by atoms with Crippen molar-refractivity contribution in [3.63, 3.8) is 0 Å². The largest absolute Gasteiger partial charge is 0.339 e. The van der Waals surface area contributed by atoms with Crippen LogP contribution in [0.3, 0.4) is 0 Å². The summed E-state index contributed by atoms with van der Waals surface area (Å²) in [5.41, 5.74) is 5.92. The van der Waals surface area contributed by atoms with Crippen LogP contribution in [0.2, 0.25) is 0 Å². The van der Waals surface area contributed by atoms with E-state index in [1.54, 1.807) is 24.0 Å². The lowest BCUT2D eigenvalue weighted by atomic mass is 10.3. The van der Waals surface area contributed by atoms with Crippen molar-refractivity contribution in [2.75, 3.05) is 6.54 Å². The summed E-state index contributed by atoms with van der Waals surface area (Å²) in [6.45, 7) is 0.831. The molecule has 0 saturated heterocycles. The summed E-state index contributed by atoms with van der Waals surface area (Å²) in [4.78, 5) is 16.5. The van der Waals surface area contributed by atoms with Crippen LogP contribution in [0, 0.1) is 5.82 Å². The third-order valence-corrected chi connectivity index (χ3v) is 3.93. The SMILES string of the molecule is Cl.Cl.NCCC1SC=C(NC=O)N1Cc1ncccc1F. The van der Waals surface area contributed by atoms with Crippen LogP contribution in [0.15, 0.2) is 29.6 Å². The Bertz CT molecular complexity index is 492. The predicted octanol–water partition coefficient (Wildman–Crippen LogP) is 1.83. The summed E-state index contributed by atoms with van der Waals surface area (Å²) in [6.07, 6.45) is 2.91. The molecule has 2 rings (SSSR count). The second-order valence-corrected chi connectivity index (χ2v) is 5.05. The highest BCUT2D eigenvalue weighted by molar-refractivity contribution is 8.02. The Kier molecular flexibility index (Phi) is 9.36. The van der Waals surface area contributed by atoms with E-state index in [2.05, 4.69) is 10.3 Å². The van der Waals surface area contributed by atoms with Crippen molar-refractivity contribution in [2.24, 2.45) is 5.73 Å². The fraction of sp³-hybridized carbons (Fsp3) is 0.333. The highest BCUT2D eigenvalue weighted by Crippen LogP contribution is 2.32. The Hall–Kier alpha value is -1.02. The average Bonchev–Trinajstić information content (AvgIpc) is 2.76. The van der Waals surface area contributed by atoms with Crippen LogP contribution in [-0.4, -0.2) is 28.2 Å². The Balaban J connectivity index is 0.00000200. The fourth-order valence-electron chi connectivity index (χ4n) is 1.87. The summed E-state index contributed by atoms with van der Waals surface area (Å²) in [5, 5.41) is 4.55. The molecule has 1 amide bonds. The van der Waals surface area contributed by atoms with Crippen LogP contribution < -0.4 is 11.1 Å². The standard InChI is InChI=1S/C12H15FN4OS.2ClH/c13-9-2-1-5-15-10(9)6-17-11(16-8-18)7-19-12(17)3-4-14;;/h1-2,5,7-8,12H,3-4,6,14H2,(H,16,18);2*1H. The van der Waals surface area contributed by atoms with Crippen LogP contribution >= 0.6 is 36.6 Å². The zero-order valence-corrected chi connectivity index (χ0v) is 13.5. The summed E-state index contributed by atoms with van der Waals surface area (Å²) in [6, 6.07) is 2.93. The van der Waals surface area contributed by atoms with Crippen LogP contribution in [0.1, 0.15) is 12.1 Å². The normalized spacial score (nSPS) is 16.6. The van der Waals surface area contributed by atoms with Gasteiger partial charge in [-0.25, -0.2) is 4.39 Å². The molecule has 1 unspecified atom stereocenters. The van der Waals surface area contributed by atoms with E-state index in [0.29, 0.717) is 31.0 Å². The van der Waals surface area contributed by atoms with Crippen LogP contribution in [0.25, 0.3) is 0 Å². The first-order chi connectivity index (χ1) is 9.26. The number of thioether (sulfide) groups is 1. The molecule has 1 atom stereocenters. The maximum Gasteiger partial charge on any atom is 0.212 e. The minimum absolute atomic E-state index is 0. The van der Waals surface area contributed by atoms with Gasteiger partial charge in [0.15, 0.2) is 0 Å². The lowest BCUT2D eigenvalue weighted by Gasteiger charge is -2.27. The number of hydrogen-bond donors (Lipinski definition) is 2. The zero-order chi connectivity index (χ0) is 13.7. The van der Waals surface area contributed by atoms with Crippen molar-refractivity contribution in [3.8, 4) is 0 Å². The van der Waals surface area contributed by atoms with Crippen molar-refractivity contribution >= 4 is 43.0 Å². The van der Waals surface area contributed by atoms with Gasteiger partial charge >= 0.3 is 0 Å². The van der Waals surface area contributed by atoms with Gasteiger partial charge in [0.05, 0.1) is 17.6 Å². The maximum atomic E-state index is 13.6. The second kappa shape index (κ2) is 9.83. The molecule has 1 aliphatic rings. The molecule has 0 bridgehead atoms. The first kappa shape index (κ1) is 20.0. The molecule has 0 spiro atoms. The van der Waals surface area contributed by atoms with Gasteiger partial charge in [0.1, 0.15) is 11.6 Å². The fourth-order valence-corrected chi connectivity index (χ4v) is 2.96. The third kappa shape index (κ3) is 5.03. The Morgan fingerprint density at radius 2 is 2.29 bits per heavy atom. The van der Waals surface area contributed by atoms with E-state index in [1.165, 1.54) is 6.07 Å². The quantitative estimate of drug-likeness (QED) is 0.762. The monoisotopic (exact) mass is 354 g/mol. The number of carbonyl (C=O) groups excluding carboxylic acids is 1. The minimum Gasteiger partial charge on any atom is -0.339 e. The van der Waals surface area contributed by atoms with Crippen LogP contribution in [-0.2, 0) is 11.3 Å². The van der Waals surface area contributed by atoms with Gasteiger partial charge in [0.2, 0.25) is 6.41 Å². The number of nitrogens with one attached hydrogen (secondary N) is 1. The molecular formula is C12H17Cl2FN4OS. The number of nitrogens with zero attached hydrogens (tertiary/aromatic N) is 2. The number of hydrogen-bond acceptors (Lipinski definition) is 5.